The molecule has 0 radical (unpaired) electrons. The van der Waals surface area contributed by atoms with E-state index in [-0.39, 0.29) is 41.1 Å². The van der Waals surface area contributed by atoms with Crippen molar-refractivity contribution in [1.82, 2.24) is 0 Å². The Labute approximate surface area is 370 Å². The molecule has 2 aromatic rings. The first-order chi connectivity index (χ1) is 29.9. The molecule has 13 nitrogen and oxygen atoms in total. The van der Waals surface area contributed by atoms with Gasteiger partial charge < -0.3 is 33.2 Å². The molecule has 0 saturated heterocycles. The second-order valence-corrected chi connectivity index (χ2v) is 15.5. The third kappa shape index (κ3) is 18.1. The molecular weight excluding hydrogens is 816 g/mol. The third-order valence-corrected chi connectivity index (χ3v) is 9.88. The van der Waals surface area contributed by atoms with Gasteiger partial charge in [0.2, 0.25) is 0 Å². The number of ether oxygens (including phenoxy) is 7. The minimum Gasteiger partial charge on any atom is -0.492 e. The Morgan fingerprint density at radius 2 is 1.21 bits per heavy atom. The lowest BCUT2D eigenvalue weighted by atomic mass is 9.91. The third-order valence-electron chi connectivity index (χ3n) is 9.88. The summed E-state index contributed by atoms with van der Waals surface area (Å²) in [6, 6.07) is 8.85. The molecule has 0 bridgehead atoms. The Morgan fingerprint density at radius 3 is 1.81 bits per heavy atom. The van der Waals surface area contributed by atoms with Crippen LogP contribution in [0.5, 0.6) is 5.75 Å². The maximum Gasteiger partial charge on any atom is 0.334 e. The topological polar surface area (TPSA) is 167 Å². The van der Waals surface area contributed by atoms with Crippen molar-refractivity contribution < 1.29 is 66.3 Å². The van der Waals surface area contributed by atoms with Gasteiger partial charge in [-0.05, 0) is 86.4 Å². The predicted molar refractivity (Wildman–Crippen MR) is 235 cm³/mol. The zero-order chi connectivity index (χ0) is 47.1. The van der Waals surface area contributed by atoms with Crippen LogP contribution in [0.4, 0.5) is 4.39 Å². The minimum atomic E-state index is -1.63. The Balaban J connectivity index is 2.67. The van der Waals surface area contributed by atoms with Crippen molar-refractivity contribution >= 4 is 35.8 Å². The number of esters is 6. The highest BCUT2D eigenvalue weighted by Crippen LogP contribution is 2.36. The van der Waals surface area contributed by atoms with Gasteiger partial charge in [0.15, 0.2) is 0 Å². The molecule has 0 amide bonds. The van der Waals surface area contributed by atoms with Crippen LogP contribution in [0.3, 0.4) is 0 Å². The van der Waals surface area contributed by atoms with Crippen LogP contribution in [0, 0.1) is 11.2 Å². The SMILES string of the molecule is C=C(C)C(=O)OCCCc1cc(-c2ccc(CCCCCCC)cc2F)c(CC)cc1OCC(COC(=O)CC(=C)C(=O)OC)(COC(=O)C(=C)C)COC(=O)C(=C)CC(=O)OC. The molecule has 0 aliphatic rings. The van der Waals surface area contributed by atoms with Gasteiger partial charge in [-0.25, -0.2) is 23.6 Å². The van der Waals surface area contributed by atoms with Crippen LogP contribution in [-0.2, 0) is 76.5 Å². The lowest BCUT2D eigenvalue weighted by molar-refractivity contribution is -0.162. The summed E-state index contributed by atoms with van der Waals surface area (Å²) in [4.78, 5) is 74.9. The van der Waals surface area contributed by atoms with Crippen LogP contribution in [0.1, 0.15) is 95.8 Å². The predicted octanol–water partition coefficient (Wildman–Crippen LogP) is 8.43. The van der Waals surface area contributed by atoms with Gasteiger partial charge in [0.05, 0.1) is 33.7 Å². The summed E-state index contributed by atoms with van der Waals surface area (Å²) in [5, 5.41) is 0. The fourth-order valence-corrected chi connectivity index (χ4v) is 6.09. The number of rotatable bonds is 29. The van der Waals surface area contributed by atoms with E-state index in [0.717, 1.165) is 57.5 Å². The van der Waals surface area contributed by atoms with Crippen molar-refractivity contribution in [1.29, 1.82) is 0 Å². The van der Waals surface area contributed by atoms with E-state index in [1.165, 1.54) is 20.3 Å². The summed E-state index contributed by atoms with van der Waals surface area (Å²) in [6.07, 6.45) is 6.29. The van der Waals surface area contributed by atoms with Crippen molar-refractivity contribution in [2.75, 3.05) is 47.3 Å². The van der Waals surface area contributed by atoms with E-state index in [2.05, 4.69) is 42.7 Å². The molecule has 1 atom stereocenters. The van der Waals surface area contributed by atoms with Crippen molar-refractivity contribution in [3.05, 3.63) is 101 Å². The van der Waals surface area contributed by atoms with E-state index in [4.69, 9.17) is 23.7 Å². The van der Waals surface area contributed by atoms with Crippen molar-refractivity contribution in [3.8, 4) is 16.9 Å². The molecule has 1 unspecified atom stereocenters. The molecule has 0 aliphatic carbocycles. The number of hydrogen-bond acceptors (Lipinski definition) is 13. The highest BCUT2D eigenvalue weighted by Gasteiger charge is 2.38. The summed E-state index contributed by atoms with van der Waals surface area (Å²) < 4.78 is 53.8. The summed E-state index contributed by atoms with van der Waals surface area (Å²) in [6.45, 7) is 19.3. The van der Waals surface area contributed by atoms with E-state index in [0.29, 0.717) is 35.3 Å². The molecule has 0 fully saturated rings. The summed E-state index contributed by atoms with van der Waals surface area (Å²) in [5.41, 5.74) is 1.46. The molecule has 0 aromatic heterocycles. The van der Waals surface area contributed by atoms with Crippen LogP contribution in [0.25, 0.3) is 11.1 Å². The van der Waals surface area contributed by atoms with Gasteiger partial charge in [-0.2, -0.15) is 0 Å². The van der Waals surface area contributed by atoms with Crippen molar-refractivity contribution in [2.24, 2.45) is 5.41 Å². The van der Waals surface area contributed by atoms with Gasteiger partial charge >= 0.3 is 35.8 Å². The summed E-state index contributed by atoms with van der Waals surface area (Å²) >= 11 is 0. The maximum atomic E-state index is 16.0. The van der Waals surface area contributed by atoms with Crippen molar-refractivity contribution in [3.63, 3.8) is 0 Å². The van der Waals surface area contributed by atoms with Gasteiger partial charge in [-0.1, -0.05) is 78.0 Å². The first-order valence-corrected chi connectivity index (χ1v) is 21.0. The van der Waals surface area contributed by atoms with E-state index in [9.17, 15) is 28.8 Å². The number of unbranched alkanes of at least 4 members (excludes halogenated alkanes) is 4. The Bertz CT molecular complexity index is 2000. The van der Waals surface area contributed by atoms with Crippen LogP contribution in [0.15, 0.2) is 78.9 Å². The highest BCUT2D eigenvalue weighted by molar-refractivity contribution is 5.94. The second kappa shape index (κ2) is 27.1. The number of hydrogen-bond donors (Lipinski definition) is 0. The number of carbonyl (C=O) groups is 6. The van der Waals surface area contributed by atoms with Gasteiger partial charge in [0.1, 0.15) is 43.4 Å². The minimum absolute atomic E-state index is 0.0380. The van der Waals surface area contributed by atoms with E-state index in [1.54, 1.807) is 18.2 Å². The van der Waals surface area contributed by atoms with Crippen LogP contribution in [0.2, 0.25) is 0 Å². The van der Waals surface area contributed by atoms with Gasteiger partial charge in [-0.3, -0.25) is 9.59 Å². The zero-order valence-electron chi connectivity index (χ0n) is 37.7. The Kier molecular flexibility index (Phi) is 22.8. The van der Waals surface area contributed by atoms with Crippen LogP contribution >= 0.6 is 0 Å². The molecule has 0 spiro atoms. The standard InChI is InChI=1S/C49H63FO13/c1-11-13-14-15-16-18-36-20-21-39(41(50)25-36)40-26-38(19-17-22-59-45(53)32(3)4)42(27-37(40)12-2)60-28-49(30-62-46(54)33(5)6,29-61-44(52)24-34(7)47(55)58-10)31-63-48(56)35(8)23-43(51)57-9/h20-21,25-27H,3,5,7-8,11-19,22-24,28-31H2,1-2,4,6,9-10H3. The number of aryl methyl sites for hydroxylation is 3. The molecule has 344 valence electrons. The molecule has 14 heteroatoms. The molecule has 63 heavy (non-hydrogen) atoms. The van der Waals surface area contributed by atoms with E-state index in [1.807, 2.05) is 19.1 Å². The smallest absolute Gasteiger partial charge is 0.334 e. The molecular formula is C49H63FO13. The number of halogens is 1. The number of carbonyl (C=O) groups excluding carboxylic acids is 6. The van der Waals surface area contributed by atoms with Crippen LogP contribution in [-0.4, -0.2) is 83.1 Å². The molecule has 0 saturated carbocycles. The average molecular weight is 879 g/mol. The van der Waals surface area contributed by atoms with Gasteiger partial charge in [0.25, 0.3) is 0 Å². The van der Waals surface area contributed by atoms with Gasteiger partial charge in [0, 0.05) is 27.9 Å². The number of methoxy groups -OCH3 is 2. The van der Waals surface area contributed by atoms with E-state index < -0.39 is 80.5 Å². The van der Waals surface area contributed by atoms with Crippen molar-refractivity contribution in [2.45, 2.75) is 98.3 Å². The largest absolute Gasteiger partial charge is 0.492 e. The molecule has 2 rings (SSSR count). The summed E-state index contributed by atoms with van der Waals surface area (Å²) in [7, 11) is 2.27. The lowest BCUT2D eigenvalue weighted by Gasteiger charge is -2.32. The molecule has 0 aliphatic heterocycles. The molecule has 2 aromatic carbocycles. The quantitative estimate of drug-likeness (QED) is 0.0331. The average Bonchev–Trinajstić information content (AvgIpc) is 3.26. The molecule has 0 N–H and O–H groups in total. The van der Waals surface area contributed by atoms with Crippen LogP contribution < -0.4 is 4.74 Å². The highest BCUT2D eigenvalue weighted by atomic mass is 19.1. The monoisotopic (exact) mass is 878 g/mol. The first-order valence-electron chi connectivity index (χ1n) is 21.0. The Morgan fingerprint density at radius 1 is 0.603 bits per heavy atom. The summed E-state index contributed by atoms with van der Waals surface area (Å²) in [5.74, 6) is -4.90. The fraction of sp³-hybridized carbons (Fsp3) is 0.469. The second-order valence-electron chi connectivity index (χ2n) is 15.5. The fourth-order valence-electron chi connectivity index (χ4n) is 6.09. The molecule has 0 heterocycles. The zero-order valence-corrected chi connectivity index (χ0v) is 37.7. The maximum absolute atomic E-state index is 16.0. The van der Waals surface area contributed by atoms with E-state index >= 15 is 4.39 Å². The van der Waals surface area contributed by atoms with Gasteiger partial charge in [-0.15, -0.1) is 0 Å². The number of benzene rings is 2. The lowest BCUT2D eigenvalue weighted by Crippen LogP contribution is -2.44. The Hall–Kier alpha value is -6.05. The first kappa shape index (κ1) is 53.1. The normalized spacial score (nSPS) is 11.6.